The number of rotatable bonds is 1. The van der Waals surface area contributed by atoms with Crippen molar-refractivity contribution in [2.24, 2.45) is 5.41 Å². The van der Waals surface area contributed by atoms with E-state index in [2.05, 4.69) is 4.98 Å². The molecular weight excluding hydrogens is 234 g/mol. The van der Waals surface area contributed by atoms with Crippen LogP contribution in [-0.2, 0) is 0 Å². The molecule has 0 radical (unpaired) electrons. The standard InChI is InChI=1S/C12H17N3OS/c13-11-14-7-9(17-11)10(16)15-6-5-12(8-15)3-1-2-4-12/h7H,1-6,8H2,(H2,13,14). The van der Waals surface area contributed by atoms with Gasteiger partial charge in [0.05, 0.1) is 6.20 Å². The summed E-state index contributed by atoms with van der Waals surface area (Å²) in [6.45, 7) is 1.83. The molecule has 1 aromatic rings. The van der Waals surface area contributed by atoms with Crippen molar-refractivity contribution in [2.75, 3.05) is 18.8 Å². The number of amides is 1. The van der Waals surface area contributed by atoms with Crippen LogP contribution in [0.3, 0.4) is 0 Å². The zero-order valence-corrected chi connectivity index (χ0v) is 10.6. The Morgan fingerprint density at radius 2 is 2.18 bits per heavy atom. The van der Waals surface area contributed by atoms with Gasteiger partial charge in [-0.1, -0.05) is 24.2 Å². The third kappa shape index (κ3) is 1.92. The highest BCUT2D eigenvalue weighted by Crippen LogP contribution is 2.45. The lowest BCUT2D eigenvalue weighted by Gasteiger charge is -2.23. The molecule has 1 spiro atoms. The van der Waals surface area contributed by atoms with E-state index in [0.717, 1.165) is 13.1 Å². The Morgan fingerprint density at radius 3 is 2.82 bits per heavy atom. The van der Waals surface area contributed by atoms with E-state index in [1.807, 2.05) is 4.90 Å². The first kappa shape index (κ1) is 11.0. The second-order valence-corrected chi connectivity index (χ2v) is 6.31. The first-order valence-electron chi connectivity index (χ1n) is 6.19. The molecule has 1 saturated carbocycles. The third-order valence-electron chi connectivity index (χ3n) is 4.12. The Balaban J connectivity index is 1.72. The Hall–Kier alpha value is -1.10. The highest BCUT2D eigenvalue weighted by molar-refractivity contribution is 7.17. The van der Waals surface area contributed by atoms with Crippen LogP contribution >= 0.6 is 11.3 Å². The number of carbonyl (C=O) groups is 1. The van der Waals surface area contributed by atoms with Gasteiger partial charge in [-0.25, -0.2) is 4.98 Å². The topological polar surface area (TPSA) is 59.2 Å². The molecule has 1 aromatic heterocycles. The van der Waals surface area contributed by atoms with Crippen molar-refractivity contribution < 1.29 is 4.79 Å². The van der Waals surface area contributed by atoms with Crippen molar-refractivity contribution in [3.05, 3.63) is 11.1 Å². The summed E-state index contributed by atoms with van der Waals surface area (Å²) in [5, 5.41) is 0.475. The van der Waals surface area contributed by atoms with Crippen LogP contribution in [0.4, 0.5) is 5.13 Å². The van der Waals surface area contributed by atoms with Crippen LogP contribution < -0.4 is 5.73 Å². The van der Waals surface area contributed by atoms with E-state index in [-0.39, 0.29) is 5.91 Å². The Labute approximate surface area is 105 Å². The molecular formula is C12H17N3OS. The van der Waals surface area contributed by atoms with Crippen LogP contribution in [0.25, 0.3) is 0 Å². The molecule has 2 heterocycles. The van der Waals surface area contributed by atoms with E-state index in [1.54, 1.807) is 6.20 Å². The Morgan fingerprint density at radius 1 is 1.41 bits per heavy atom. The first-order valence-corrected chi connectivity index (χ1v) is 7.01. The number of carbonyl (C=O) groups excluding carboxylic acids is 1. The minimum Gasteiger partial charge on any atom is -0.375 e. The molecule has 1 saturated heterocycles. The number of likely N-dealkylation sites (tertiary alicyclic amines) is 1. The van der Waals surface area contributed by atoms with Crippen LogP contribution in [0.5, 0.6) is 0 Å². The van der Waals surface area contributed by atoms with Gasteiger partial charge in [0.15, 0.2) is 5.13 Å². The molecule has 17 heavy (non-hydrogen) atoms. The number of nitrogens with two attached hydrogens (primary N) is 1. The van der Waals surface area contributed by atoms with Crippen LogP contribution in [0.2, 0.25) is 0 Å². The fourth-order valence-electron chi connectivity index (χ4n) is 3.18. The van der Waals surface area contributed by atoms with Crippen LogP contribution in [-0.4, -0.2) is 28.9 Å². The summed E-state index contributed by atoms with van der Waals surface area (Å²) in [6, 6.07) is 0. The number of hydrogen-bond donors (Lipinski definition) is 1. The fourth-order valence-corrected chi connectivity index (χ4v) is 3.84. The van der Waals surface area contributed by atoms with Crippen molar-refractivity contribution in [1.29, 1.82) is 0 Å². The summed E-state index contributed by atoms with van der Waals surface area (Å²) in [6.07, 6.45) is 8.02. The average molecular weight is 251 g/mol. The fraction of sp³-hybridized carbons (Fsp3) is 0.667. The molecule has 0 atom stereocenters. The summed E-state index contributed by atoms with van der Waals surface area (Å²) in [5.41, 5.74) is 6.00. The molecule has 1 amide bonds. The van der Waals surface area contributed by atoms with Gasteiger partial charge < -0.3 is 10.6 Å². The zero-order chi connectivity index (χ0) is 11.9. The van der Waals surface area contributed by atoms with E-state index in [1.165, 1.54) is 43.4 Å². The normalized spacial score (nSPS) is 22.5. The minimum atomic E-state index is 0.114. The number of nitrogens with zero attached hydrogens (tertiary/aromatic N) is 2. The highest BCUT2D eigenvalue weighted by atomic mass is 32.1. The number of hydrogen-bond acceptors (Lipinski definition) is 4. The molecule has 0 aromatic carbocycles. The maximum absolute atomic E-state index is 12.2. The van der Waals surface area contributed by atoms with Crippen LogP contribution in [0, 0.1) is 5.41 Å². The van der Waals surface area contributed by atoms with E-state index in [0.29, 0.717) is 15.4 Å². The van der Waals surface area contributed by atoms with Gasteiger partial charge in [0.25, 0.3) is 5.91 Å². The van der Waals surface area contributed by atoms with Gasteiger partial charge in [-0.3, -0.25) is 4.79 Å². The van der Waals surface area contributed by atoms with E-state index >= 15 is 0 Å². The summed E-state index contributed by atoms with van der Waals surface area (Å²) < 4.78 is 0. The molecule has 2 fully saturated rings. The highest BCUT2D eigenvalue weighted by Gasteiger charge is 2.42. The van der Waals surface area contributed by atoms with E-state index < -0.39 is 0 Å². The van der Waals surface area contributed by atoms with Gasteiger partial charge in [-0.05, 0) is 24.7 Å². The molecule has 92 valence electrons. The van der Waals surface area contributed by atoms with Gasteiger partial charge in [-0.15, -0.1) is 0 Å². The van der Waals surface area contributed by atoms with E-state index in [4.69, 9.17) is 5.73 Å². The van der Waals surface area contributed by atoms with Crippen molar-refractivity contribution in [3.8, 4) is 0 Å². The molecule has 4 nitrogen and oxygen atoms in total. The first-order chi connectivity index (χ1) is 8.19. The molecule has 1 aliphatic carbocycles. The molecule has 5 heteroatoms. The monoisotopic (exact) mass is 251 g/mol. The lowest BCUT2D eigenvalue weighted by Crippen LogP contribution is -2.30. The summed E-state index contributed by atoms with van der Waals surface area (Å²) in [7, 11) is 0. The number of thiazole rings is 1. The molecule has 0 unspecified atom stereocenters. The van der Waals surface area contributed by atoms with Gasteiger partial charge in [0.2, 0.25) is 0 Å². The second kappa shape index (κ2) is 3.98. The number of aromatic nitrogens is 1. The largest absolute Gasteiger partial charge is 0.375 e. The van der Waals surface area contributed by atoms with Gasteiger partial charge >= 0.3 is 0 Å². The summed E-state index contributed by atoms with van der Waals surface area (Å²) in [5.74, 6) is 0.114. The maximum atomic E-state index is 12.2. The maximum Gasteiger partial charge on any atom is 0.265 e. The van der Waals surface area contributed by atoms with Crippen molar-refractivity contribution in [3.63, 3.8) is 0 Å². The van der Waals surface area contributed by atoms with Crippen LogP contribution in [0.1, 0.15) is 41.8 Å². The van der Waals surface area contributed by atoms with Gasteiger partial charge in [-0.2, -0.15) is 0 Å². The third-order valence-corrected chi connectivity index (χ3v) is 4.94. The summed E-state index contributed by atoms with van der Waals surface area (Å²) in [4.78, 5) is 18.9. The summed E-state index contributed by atoms with van der Waals surface area (Å²) >= 11 is 1.29. The van der Waals surface area contributed by atoms with Crippen LogP contribution in [0.15, 0.2) is 6.20 Å². The second-order valence-electron chi connectivity index (χ2n) is 5.25. The quantitative estimate of drug-likeness (QED) is 0.831. The van der Waals surface area contributed by atoms with Crippen molar-refractivity contribution >= 4 is 22.4 Å². The molecule has 1 aliphatic heterocycles. The Bertz CT molecular complexity index is 437. The predicted octanol–water partition coefficient (Wildman–Crippen LogP) is 2.13. The molecule has 2 N–H and O–H groups in total. The lowest BCUT2D eigenvalue weighted by atomic mass is 9.86. The number of nitrogen functional groups attached to an aromatic ring is 1. The molecule has 0 bridgehead atoms. The smallest absolute Gasteiger partial charge is 0.265 e. The molecule has 3 rings (SSSR count). The average Bonchev–Trinajstić information content (AvgIpc) is 3.02. The van der Waals surface area contributed by atoms with Gasteiger partial charge in [0.1, 0.15) is 4.88 Å². The van der Waals surface area contributed by atoms with Gasteiger partial charge in [0, 0.05) is 13.1 Å². The SMILES string of the molecule is Nc1ncc(C(=O)N2CCC3(CCCC3)C2)s1. The minimum absolute atomic E-state index is 0.114. The molecule has 2 aliphatic rings. The predicted molar refractivity (Wildman–Crippen MR) is 67.9 cm³/mol. The Kier molecular flexibility index (Phi) is 2.58. The van der Waals surface area contributed by atoms with E-state index in [9.17, 15) is 4.79 Å². The van der Waals surface area contributed by atoms with Crippen molar-refractivity contribution in [2.45, 2.75) is 32.1 Å². The number of anilines is 1. The van der Waals surface area contributed by atoms with Crippen molar-refractivity contribution in [1.82, 2.24) is 9.88 Å². The zero-order valence-electron chi connectivity index (χ0n) is 9.82. The lowest BCUT2D eigenvalue weighted by molar-refractivity contribution is 0.0778.